The monoisotopic (exact) mass is 346 g/mol. The quantitative estimate of drug-likeness (QED) is 0.821. The molecule has 0 atom stereocenters. The first kappa shape index (κ1) is 17.5. The molecule has 0 aliphatic carbocycles. The minimum Gasteiger partial charge on any atom is -0.379 e. The van der Waals surface area contributed by atoms with Crippen LogP contribution >= 0.6 is 23.4 Å². The highest BCUT2D eigenvalue weighted by molar-refractivity contribution is 7.99. The fourth-order valence-electron chi connectivity index (χ4n) is 2.15. The summed E-state index contributed by atoms with van der Waals surface area (Å²) in [5.74, 6) is 0.328. The molecule has 0 aromatic heterocycles. The summed E-state index contributed by atoms with van der Waals surface area (Å²) in [5.41, 5.74) is 0.454. The summed E-state index contributed by atoms with van der Waals surface area (Å²) in [4.78, 5) is 14.0. The van der Waals surface area contributed by atoms with Crippen LogP contribution in [-0.2, 0) is 15.3 Å². The van der Waals surface area contributed by atoms with E-state index in [1.165, 1.54) is 17.8 Å². The third-order valence-corrected chi connectivity index (χ3v) is 4.71. The Labute approximate surface area is 139 Å². The molecule has 1 amide bonds. The van der Waals surface area contributed by atoms with E-state index in [1.54, 1.807) is 12.1 Å². The van der Waals surface area contributed by atoms with E-state index in [1.807, 2.05) is 0 Å². The Morgan fingerprint density at radius 3 is 2.91 bits per heavy atom. The Morgan fingerprint density at radius 2 is 2.18 bits per heavy atom. The first-order valence-electron chi connectivity index (χ1n) is 7.24. The van der Waals surface area contributed by atoms with Crippen LogP contribution in [0.5, 0.6) is 0 Å². The van der Waals surface area contributed by atoms with Gasteiger partial charge in [0, 0.05) is 42.5 Å². The summed E-state index contributed by atoms with van der Waals surface area (Å²) in [5, 5.41) is 3.28. The van der Waals surface area contributed by atoms with E-state index in [2.05, 4.69) is 10.2 Å². The second kappa shape index (κ2) is 9.35. The van der Waals surface area contributed by atoms with Crippen LogP contribution in [-0.4, -0.2) is 56.0 Å². The number of carbonyl (C=O) groups excluding carboxylic acids is 1. The van der Waals surface area contributed by atoms with Gasteiger partial charge in [0.05, 0.1) is 19.0 Å². The third-order valence-electron chi connectivity index (χ3n) is 3.40. The van der Waals surface area contributed by atoms with Crippen molar-refractivity contribution in [2.75, 3.05) is 45.1 Å². The zero-order valence-electron chi connectivity index (χ0n) is 12.3. The molecule has 1 aliphatic rings. The van der Waals surface area contributed by atoms with Crippen LogP contribution in [0.1, 0.15) is 5.56 Å². The van der Waals surface area contributed by atoms with Crippen molar-refractivity contribution in [3.63, 3.8) is 0 Å². The molecule has 0 spiro atoms. The van der Waals surface area contributed by atoms with Crippen LogP contribution < -0.4 is 5.32 Å². The van der Waals surface area contributed by atoms with Crippen LogP contribution in [0.2, 0.25) is 5.02 Å². The fourth-order valence-corrected chi connectivity index (χ4v) is 3.34. The van der Waals surface area contributed by atoms with Crippen molar-refractivity contribution in [2.24, 2.45) is 0 Å². The minimum absolute atomic E-state index is 0.0364. The van der Waals surface area contributed by atoms with Gasteiger partial charge in [0.2, 0.25) is 5.91 Å². The van der Waals surface area contributed by atoms with Gasteiger partial charge < -0.3 is 10.1 Å². The molecule has 122 valence electrons. The Morgan fingerprint density at radius 1 is 1.41 bits per heavy atom. The molecule has 1 N–H and O–H groups in total. The van der Waals surface area contributed by atoms with Crippen molar-refractivity contribution in [1.82, 2.24) is 10.2 Å². The normalized spacial score (nSPS) is 15.7. The van der Waals surface area contributed by atoms with Crippen LogP contribution in [0, 0.1) is 5.82 Å². The summed E-state index contributed by atoms with van der Waals surface area (Å²) in [6, 6.07) is 4.61. The number of halogens is 2. The van der Waals surface area contributed by atoms with Gasteiger partial charge in [-0.2, -0.15) is 0 Å². The van der Waals surface area contributed by atoms with E-state index < -0.39 is 0 Å². The van der Waals surface area contributed by atoms with Crippen molar-refractivity contribution in [1.29, 1.82) is 0 Å². The van der Waals surface area contributed by atoms with Gasteiger partial charge in [0.25, 0.3) is 0 Å². The predicted molar refractivity (Wildman–Crippen MR) is 87.8 cm³/mol. The maximum Gasteiger partial charge on any atom is 0.230 e. The average molecular weight is 347 g/mol. The molecule has 0 radical (unpaired) electrons. The fraction of sp³-hybridized carbons (Fsp3) is 0.533. The van der Waals surface area contributed by atoms with Crippen molar-refractivity contribution in [2.45, 2.75) is 5.75 Å². The molecule has 1 saturated heterocycles. The zero-order valence-corrected chi connectivity index (χ0v) is 13.9. The third kappa shape index (κ3) is 5.76. The van der Waals surface area contributed by atoms with Gasteiger partial charge in [-0.15, -0.1) is 11.8 Å². The van der Waals surface area contributed by atoms with Gasteiger partial charge in [-0.25, -0.2) is 4.39 Å². The maximum atomic E-state index is 13.6. The average Bonchev–Trinajstić information content (AvgIpc) is 2.51. The Hall–Kier alpha value is -0.820. The molecule has 2 rings (SSSR count). The number of hydrogen-bond acceptors (Lipinski definition) is 4. The molecule has 0 bridgehead atoms. The molecule has 4 nitrogen and oxygen atoms in total. The van der Waals surface area contributed by atoms with Crippen LogP contribution in [0.15, 0.2) is 18.2 Å². The van der Waals surface area contributed by atoms with E-state index in [4.69, 9.17) is 16.3 Å². The van der Waals surface area contributed by atoms with E-state index in [0.717, 1.165) is 32.8 Å². The number of ether oxygens (including phenoxy) is 1. The van der Waals surface area contributed by atoms with Gasteiger partial charge in [-0.1, -0.05) is 17.7 Å². The summed E-state index contributed by atoms with van der Waals surface area (Å²) < 4.78 is 18.8. The first-order valence-corrected chi connectivity index (χ1v) is 8.77. The zero-order chi connectivity index (χ0) is 15.8. The first-order chi connectivity index (χ1) is 10.7. The molecule has 1 heterocycles. The van der Waals surface area contributed by atoms with Crippen molar-refractivity contribution in [3.8, 4) is 0 Å². The molecule has 1 aromatic carbocycles. The number of thioether (sulfide) groups is 1. The molecule has 0 saturated carbocycles. The van der Waals surface area contributed by atoms with Crippen molar-refractivity contribution >= 4 is 29.3 Å². The second-order valence-corrected chi connectivity index (χ2v) is 6.39. The largest absolute Gasteiger partial charge is 0.379 e. The highest BCUT2D eigenvalue weighted by Gasteiger charge is 2.11. The highest BCUT2D eigenvalue weighted by atomic mass is 35.5. The van der Waals surface area contributed by atoms with Gasteiger partial charge in [-0.05, 0) is 12.1 Å². The van der Waals surface area contributed by atoms with E-state index >= 15 is 0 Å². The Bertz CT molecular complexity index is 478. The van der Waals surface area contributed by atoms with Crippen molar-refractivity contribution in [3.05, 3.63) is 34.6 Å². The van der Waals surface area contributed by atoms with Crippen LogP contribution in [0.3, 0.4) is 0 Å². The van der Waals surface area contributed by atoms with Gasteiger partial charge in [-0.3, -0.25) is 9.69 Å². The summed E-state index contributed by atoms with van der Waals surface area (Å²) in [6.07, 6.45) is 0. The standard InChI is InChI=1S/C15H20ClFN2O2S/c16-13-2-1-3-14(17)12(13)10-22-11-15(20)18-4-5-19-6-8-21-9-7-19/h1-3H,4-11H2,(H,18,20). The van der Waals surface area contributed by atoms with Gasteiger partial charge in [0.15, 0.2) is 0 Å². The molecular formula is C15H20ClFN2O2S. The predicted octanol–water partition coefficient (Wildman–Crippen LogP) is 2.16. The summed E-state index contributed by atoms with van der Waals surface area (Å²) >= 11 is 7.30. The van der Waals surface area contributed by atoms with E-state index in [9.17, 15) is 9.18 Å². The summed E-state index contributed by atoms with van der Waals surface area (Å²) in [6.45, 7) is 4.80. The molecule has 0 unspecified atom stereocenters. The lowest BCUT2D eigenvalue weighted by molar-refractivity contribution is -0.118. The molecule has 1 fully saturated rings. The maximum absolute atomic E-state index is 13.6. The number of hydrogen-bond donors (Lipinski definition) is 1. The van der Waals surface area contributed by atoms with Gasteiger partial charge in [0.1, 0.15) is 5.82 Å². The number of benzene rings is 1. The number of carbonyl (C=O) groups is 1. The van der Waals surface area contributed by atoms with E-state index in [0.29, 0.717) is 28.6 Å². The highest BCUT2D eigenvalue weighted by Crippen LogP contribution is 2.23. The summed E-state index contributed by atoms with van der Waals surface area (Å²) in [7, 11) is 0. The Kier molecular flexibility index (Phi) is 7.45. The topological polar surface area (TPSA) is 41.6 Å². The lowest BCUT2D eigenvalue weighted by atomic mass is 10.2. The van der Waals surface area contributed by atoms with Crippen molar-refractivity contribution < 1.29 is 13.9 Å². The van der Waals surface area contributed by atoms with Crippen LogP contribution in [0.25, 0.3) is 0 Å². The molecule has 7 heteroatoms. The van der Waals surface area contributed by atoms with E-state index in [-0.39, 0.29) is 11.7 Å². The SMILES string of the molecule is O=C(CSCc1c(F)cccc1Cl)NCCN1CCOCC1. The Balaban J connectivity index is 1.61. The smallest absolute Gasteiger partial charge is 0.230 e. The molecule has 22 heavy (non-hydrogen) atoms. The molecular weight excluding hydrogens is 327 g/mol. The molecule has 1 aromatic rings. The number of nitrogens with zero attached hydrogens (tertiary/aromatic N) is 1. The minimum atomic E-state index is -0.326. The molecule has 1 aliphatic heterocycles. The second-order valence-electron chi connectivity index (χ2n) is 5.00. The van der Waals surface area contributed by atoms with Crippen LogP contribution in [0.4, 0.5) is 4.39 Å². The number of morpholine rings is 1. The lowest BCUT2D eigenvalue weighted by Crippen LogP contribution is -2.41. The number of nitrogens with one attached hydrogen (secondary N) is 1. The number of rotatable bonds is 7. The number of amides is 1. The lowest BCUT2D eigenvalue weighted by Gasteiger charge is -2.26. The van der Waals surface area contributed by atoms with Gasteiger partial charge >= 0.3 is 0 Å².